The first-order valence-electron chi connectivity index (χ1n) is 3.71. The molecule has 0 N–H and O–H groups in total. The normalized spacial score (nSPS) is 10.9. The molecule has 0 fully saturated rings. The van der Waals surface area contributed by atoms with Crippen LogP contribution in [0.15, 0.2) is 10.7 Å². The van der Waals surface area contributed by atoms with Crippen LogP contribution in [0.2, 0.25) is 0 Å². The van der Waals surface area contributed by atoms with Gasteiger partial charge in [0.05, 0.1) is 5.69 Å². The highest BCUT2D eigenvalue weighted by molar-refractivity contribution is 7.99. The molecule has 0 spiro atoms. The Labute approximate surface area is 71.4 Å². The molecule has 11 heavy (non-hydrogen) atoms. The van der Waals surface area contributed by atoms with Gasteiger partial charge in [-0.2, -0.15) is 11.8 Å². The molecule has 0 bridgehead atoms. The fraction of sp³-hybridized carbons (Fsp3) is 0.625. The summed E-state index contributed by atoms with van der Waals surface area (Å²) in [5, 5.41) is 0.659. The smallest absolute Gasteiger partial charge is 0.191 e. The van der Waals surface area contributed by atoms with E-state index in [0.717, 1.165) is 17.3 Å². The minimum absolute atomic E-state index is 0.659. The van der Waals surface area contributed by atoms with Crippen molar-refractivity contribution in [2.75, 3.05) is 0 Å². The highest BCUT2D eigenvalue weighted by Gasteiger charge is 2.00. The lowest BCUT2D eigenvalue weighted by Gasteiger charge is -1.99. The molecule has 3 heteroatoms. The molecule has 0 atom stereocenters. The molecule has 1 aromatic heterocycles. The Morgan fingerprint density at radius 1 is 1.64 bits per heavy atom. The number of hydrogen-bond acceptors (Lipinski definition) is 3. The predicted molar refractivity (Wildman–Crippen MR) is 47.7 cm³/mol. The number of hydrogen-bond donors (Lipinski definition) is 0. The molecule has 0 saturated heterocycles. The summed E-state index contributed by atoms with van der Waals surface area (Å²) in [6.07, 6.45) is 1.73. The van der Waals surface area contributed by atoms with E-state index in [1.54, 1.807) is 6.26 Å². The molecule has 0 aliphatic rings. The third-order valence-corrected chi connectivity index (χ3v) is 2.36. The van der Waals surface area contributed by atoms with Crippen LogP contribution in [-0.2, 0) is 5.75 Å². The lowest BCUT2D eigenvalue weighted by molar-refractivity contribution is 0.521. The second-order valence-corrected chi connectivity index (χ2v) is 4.28. The molecule has 1 heterocycles. The number of thioether (sulfide) groups is 1. The Bertz CT molecular complexity index is 220. The Balaban J connectivity index is 2.39. The van der Waals surface area contributed by atoms with Crippen molar-refractivity contribution >= 4 is 11.8 Å². The summed E-state index contributed by atoms with van der Waals surface area (Å²) in [5.41, 5.74) is 1.04. The van der Waals surface area contributed by atoms with Crippen LogP contribution in [0.4, 0.5) is 0 Å². The molecule has 0 aromatic carbocycles. The molecule has 2 nitrogen and oxygen atoms in total. The third kappa shape index (κ3) is 2.97. The number of aromatic nitrogens is 1. The van der Waals surface area contributed by atoms with Crippen molar-refractivity contribution in [1.82, 2.24) is 4.98 Å². The molecule has 0 aliphatic carbocycles. The summed E-state index contributed by atoms with van der Waals surface area (Å²) in [6.45, 7) is 6.22. The largest absolute Gasteiger partial charge is 0.449 e. The zero-order chi connectivity index (χ0) is 8.27. The number of aryl methyl sites for hydroxylation is 1. The number of rotatable bonds is 3. The van der Waals surface area contributed by atoms with Gasteiger partial charge in [-0.15, -0.1) is 0 Å². The van der Waals surface area contributed by atoms with Crippen molar-refractivity contribution < 1.29 is 4.42 Å². The topological polar surface area (TPSA) is 26.0 Å². The van der Waals surface area contributed by atoms with Crippen molar-refractivity contribution in [3.63, 3.8) is 0 Å². The monoisotopic (exact) mass is 171 g/mol. The molecule has 0 saturated carbocycles. The van der Waals surface area contributed by atoms with E-state index in [4.69, 9.17) is 4.42 Å². The van der Waals surface area contributed by atoms with E-state index in [2.05, 4.69) is 18.8 Å². The zero-order valence-electron chi connectivity index (χ0n) is 7.13. The van der Waals surface area contributed by atoms with Crippen molar-refractivity contribution in [3.8, 4) is 0 Å². The second-order valence-electron chi connectivity index (χ2n) is 2.72. The standard InChI is InChI=1S/C8H13NOS/c1-6(2)11-5-8-4-10-7(3)9-8/h4,6H,5H2,1-3H3. The summed E-state index contributed by atoms with van der Waals surface area (Å²) in [7, 11) is 0. The Morgan fingerprint density at radius 2 is 2.36 bits per heavy atom. The highest BCUT2D eigenvalue weighted by Crippen LogP contribution is 2.16. The van der Waals surface area contributed by atoms with Crippen molar-refractivity contribution in [3.05, 3.63) is 17.8 Å². The molecular weight excluding hydrogens is 158 g/mol. The number of oxazole rings is 1. The van der Waals surface area contributed by atoms with E-state index in [9.17, 15) is 0 Å². The van der Waals surface area contributed by atoms with Gasteiger partial charge in [0.2, 0.25) is 0 Å². The van der Waals surface area contributed by atoms with E-state index in [1.165, 1.54) is 0 Å². The fourth-order valence-electron chi connectivity index (χ4n) is 0.727. The van der Waals surface area contributed by atoms with E-state index >= 15 is 0 Å². The Kier molecular flexibility index (Phi) is 3.00. The van der Waals surface area contributed by atoms with Gasteiger partial charge in [-0.3, -0.25) is 0 Å². The lowest BCUT2D eigenvalue weighted by atomic mass is 10.6. The summed E-state index contributed by atoms with van der Waals surface area (Å²) < 4.78 is 5.07. The molecule has 0 aliphatic heterocycles. The first kappa shape index (κ1) is 8.65. The van der Waals surface area contributed by atoms with Crippen LogP contribution < -0.4 is 0 Å². The van der Waals surface area contributed by atoms with Crippen LogP contribution in [0, 0.1) is 6.92 Å². The molecule has 62 valence electrons. The average Bonchev–Trinajstić information content (AvgIpc) is 2.31. The van der Waals surface area contributed by atoms with Gasteiger partial charge in [0, 0.05) is 12.7 Å². The van der Waals surface area contributed by atoms with Crippen molar-refractivity contribution in [2.24, 2.45) is 0 Å². The molecule has 0 radical (unpaired) electrons. The summed E-state index contributed by atoms with van der Waals surface area (Å²) in [5.74, 6) is 1.71. The van der Waals surface area contributed by atoms with Gasteiger partial charge in [0.15, 0.2) is 5.89 Å². The van der Waals surface area contributed by atoms with Crippen LogP contribution in [0.25, 0.3) is 0 Å². The molecule has 0 amide bonds. The van der Waals surface area contributed by atoms with Gasteiger partial charge < -0.3 is 4.42 Å². The van der Waals surface area contributed by atoms with E-state index < -0.39 is 0 Å². The van der Waals surface area contributed by atoms with Gasteiger partial charge in [-0.05, 0) is 5.25 Å². The maximum atomic E-state index is 5.07. The summed E-state index contributed by atoms with van der Waals surface area (Å²) in [6, 6.07) is 0. The van der Waals surface area contributed by atoms with Crippen LogP contribution in [-0.4, -0.2) is 10.2 Å². The summed E-state index contributed by atoms with van der Waals surface area (Å²) >= 11 is 1.88. The SMILES string of the molecule is Cc1nc(CSC(C)C)co1. The van der Waals surface area contributed by atoms with Gasteiger partial charge in [-0.1, -0.05) is 13.8 Å². The predicted octanol–water partition coefficient (Wildman–Crippen LogP) is 2.62. The van der Waals surface area contributed by atoms with E-state index in [1.807, 2.05) is 18.7 Å². The maximum absolute atomic E-state index is 5.07. The fourth-order valence-corrected chi connectivity index (χ4v) is 1.36. The minimum atomic E-state index is 0.659. The molecule has 0 unspecified atom stereocenters. The van der Waals surface area contributed by atoms with Gasteiger partial charge in [0.25, 0.3) is 0 Å². The maximum Gasteiger partial charge on any atom is 0.191 e. The first-order chi connectivity index (χ1) is 5.18. The third-order valence-electron chi connectivity index (χ3n) is 1.23. The van der Waals surface area contributed by atoms with Gasteiger partial charge >= 0.3 is 0 Å². The Morgan fingerprint density at radius 3 is 2.82 bits per heavy atom. The quantitative estimate of drug-likeness (QED) is 0.699. The molecule has 1 rings (SSSR count). The van der Waals surface area contributed by atoms with Crippen LogP contribution in [0.3, 0.4) is 0 Å². The van der Waals surface area contributed by atoms with E-state index in [-0.39, 0.29) is 0 Å². The lowest BCUT2D eigenvalue weighted by Crippen LogP contribution is -1.88. The number of nitrogens with zero attached hydrogens (tertiary/aromatic N) is 1. The summed E-state index contributed by atoms with van der Waals surface area (Å²) in [4.78, 5) is 4.20. The van der Waals surface area contributed by atoms with Crippen LogP contribution in [0.1, 0.15) is 25.4 Å². The van der Waals surface area contributed by atoms with Gasteiger partial charge in [0.1, 0.15) is 6.26 Å². The average molecular weight is 171 g/mol. The zero-order valence-corrected chi connectivity index (χ0v) is 7.94. The Hall–Kier alpha value is -0.440. The minimum Gasteiger partial charge on any atom is -0.449 e. The van der Waals surface area contributed by atoms with Crippen LogP contribution in [0.5, 0.6) is 0 Å². The molecule has 1 aromatic rings. The van der Waals surface area contributed by atoms with Crippen molar-refractivity contribution in [2.45, 2.75) is 31.8 Å². The van der Waals surface area contributed by atoms with Crippen molar-refractivity contribution in [1.29, 1.82) is 0 Å². The second kappa shape index (κ2) is 3.81. The van der Waals surface area contributed by atoms with E-state index in [0.29, 0.717) is 5.25 Å². The molecular formula is C8H13NOS. The first-order valence-corrected chi connectivity index (χ1v) is 4.76. The van der Waals surface area contributed by atoms with Gasteiger partial charge in [-0.25, -0.2) is 4.98 Å². The highest BCUT2D eigenvalue weighted by atomic mass is 32.2. The van der Waals surface area contributed by atoms with Crippen LogP contribution >= 0.6 is 11.8 Å².